The Balaban J connectivity index is 3.21. The van der Waals surface area contributed by atoms with E-state index in [1.807, 2.05) is 0 Å². The van der Waals surface area contributed by atoms with Gasteiger partial charge in [-0.2, -0.15) is 0 Å². The fourth-order valence-electron chi connectivity index (χ4n) is 1.01. The van der Waals surface area contributed by atoms with Gasteiger partial charge in [-0.3, -0.25) is 9.59 Å². The Morgan fingerprint density at radius 3 is 1.35 bits per heavy atom. The Morgan fingerprint density at radius 1 is 0.700 bits per heavy atom. The number of carbonyl (C=O) groups is 2. The Hall–Kier alpha value is 0.340. The van der Waals surface area contributed by atoms with E-state index in [-0.39, 0.29) is 10.5 Å². The minimum Gasteiger partial charge on any atom is -0.339 e. The predicted octanol–water partition coefficient (Wildman–Crippen LogP) is 4.67. The molecule has 4 nitrogen and oxygen atoms in total. The molecule has 0 saturated heterocycles. The molecular formula is C12H24N2O2S4. The molecule has 0 bridgehead atoms. The van der Waals surface area contributed by atoms with Gasteiger partial charge in [-0.25, -0.2) is 0 Å². The third-order valence-corrected chi connectivity index (χ3v) is 6.92. The quantitative estimate of drug-likeness (QED) is 0.441. The van der Waals surface area contributed by atoms with Gasteiger partial charge >= 0.3 is 0 Å². The van der Waals surface area contributed by atoms with E-state index in [2.05, 4.69) is 0 Å². The normalized spacial score (nSPS) is 10.4. The van der Waals surface area contributed by atoms with Crippen LogP contribution in [0.4, 0.5) is 9.59 Å². The second-order valence-electron chi connectivity index (χ2n) is 4.55. The van der Waals surface area contributed by atoms with E-state index in [0.717, 1.165) is 24.3 Å². The van der Waals surface area contributed by atoms with Crippen LogP contribution in [0.1, 0.15) is 25.7 Å². The van der Waals surface area contributed by atoms with Crippen LogP contribution in [0.2, 0.25) is 0 Å². The first-order valence-electron chi connectivity index (χ1n) is 6.46. The predicted molar refractivity (Wildman–Crippen MR) is 96.7 cm³/mol. The van der Waals surface area contributed by atoms with Crippen molar-refractivity contribution in [3.05, 3.63) is 0 Å². The summed E-state index contributed by atoms with van der Waals surface area (Å²) in [6.45, 7) is 0. The second-order valence-corrected chi connectivity index (χ2v) is 9.28. The van der Waals surface area contributed by atoms with E-state index in [0.29, 0.717) is 0 Å². The maximum absolute atomic E-state index is 11.3. The van der Waals surface area contributed by atoms with E-state index in [9.17, 15) is 9.59 Å². The van der Waals surface area contributed by atoms with Crippen LogP contribution in [0.15, 0.2) is 0 Å². The van der Waals surface area contributed by atoms with Crippen LogP contribution >= 0.6 is 43.2 Å². The summed E-state index contributed by atoms with van der Waals surface area (Å²) >= 11 is 0. The smallest absolute Gasteiger partial charge is 0.291 e. The van der Waals surface area contributed by atoms with Crippen molar-refractivity contribution in [1.29, 1.82) is 0 Å². The van der Waals surface area contributed by atoms with Crippen molar-refractivity contribution < 1.29 is 9.59 Å². The number of carbonyl (C=O) groups excluding carboxylic acids is 2. The molecule has 118 valence electrons. The second kappa shape index (κ2) is 13.0. The van der Waals surface area contributed by atoms with E-state index in [4.69, 9.17) is 0 Å². The monoisotopic (exact) mass is 356 g/mol. The zero-order valence-corrected chi connectivity index (χ0v) is 15.9. The highest BCUT2D eigenvalue weighted by atomic mass is 33.1. The maximum Gasteiger partial charge on any atom is 0.291 e. The highest BCUT2D eigenvalue weighted by molar-refractivity contribution is 8.82. The molecule has 0 aliphatic heterocycles. The molecule has 8 heteroatoms. The molecule has 0 aromatic rings. The van der Waals surface area contributed by atoms with Crippen LogP contribution in [0.25, 0.3) is 0 Å². The van der Waals surface area contributed by atoms with Gasteiger partial charge in [-0.05, 0) is 12.8 Å². The zero-order chi connectivity index (χ0) is 15.4. The molecule has 0 heterocycles. The summed E-state index contributed by atoms with van der Waals surface area (Å²) in [6.07, 6.45) is 4.67. The molecule has 0 radical (unpaired) electrons. The first kappa shape index (κ1) is 20.3. The Kier molecular flexibility index (Phi) is 13.3. The molecule has 0 unspecified atom stereocenters. The van der Waals surface area contributed by atoms with Gasteiger partial charge in [0.1, 0.15) is 0 Å². The molecule has 0 rings (SSSR count). The molecule has 0 spiro atoms. The van der Waals surface area contributed by atoms with E-state index >= 15 is 0 Å². The summed E-state index contributed by atoms with van der Waals surface area (Å²) in [5, 5.41) is 0.211. The molecule has 0 aromatic heterocycles. The average molecular weight is 357 g/mol. The maximum atomic E-state index is 11.3. The summed E-state index contributed by atoms with van der Waals surface area (Å²) in [5.41, 5.74) is 0. The molecule has 2 amide bonds. The van der Waals surface area contributed by atoms with Crippen LogP contribution in [0, 0.1) is 0 Å². The number of amides is 2. The molecular weight excluding hydrogens is 332 g/mol. The van der Waals surface area contributed by atoms with Gasteiger partial charge < -0.3 is 9.80 Å². The minimum absolute atomic E-state index is 0.106. The molecule has 0 N–H and O–H groups in total. The summed E-state index contributed by atoms with van der Waals surface area (Å²) < 4.78 is 0. The van der Waals surface area contributed by atoms with Gasteiger partial charge in [0.2, 0.25) is 0 Å². The van der Waals surface area contributed by atoms with Crippen LogP contribution in [-0.4, -0.2) is 60.0 Å². The van der Waals surface area contributed by atoms with Crippen LogP contribution in [0.3, 0.4) is 0 Å². The Labute approximate surface area is 138 Å². The fraction of sp³-hybridized carbons (Fsp3) is 0.833. The Morgan fingerprint density at radius 2 is 1.05 bits per heavy atom. The van der Waals surface area contributed by atoms with Gasteiger partial charge in [-0.1, -0.05) is 34.4 Å². The van der Waals surface area contributed by atoms with Crippen molar-refractivity contribution in [3.8, 4) is 0 Å². The van der Waals surface area contributed by atoms with Crippen molar-refractivity contribution in [2.75, 3.05) is 39.7 Å². The van der Waals surface area contributed by atoms with Gasteiger partial charge in [0.15, 0.2) is 0 Å². The standard InChI is InChI=1S/C12H24N2O2S4/c1-13(2)11(15)19-17-9-7-5-6-8-10-18-20-12(16)14(3)4/h5-10H2,1-4H3. The molecule has 20 heavy (non-hydrogen) atoms. The number of hydrogen-bond donors (Lipinski definition) is 0. The van der Waals surface area contributed by atoms with Crippen LogP contribution in [-0.2, 0) is 0 Å². The first-order valence-corrected chi connectivity index (χ1v) is 11.1. The molecule has 0 atom stereocenters. The Bertz CT molecular complexity index is 261. The fourth-order valence-corrected chi connectivity index (χ4v) is 5.03. The highest BCUT2D eigenvalue weighted by Gasteiger charge is 2.05. The third kappa shape index (κ3) is 12.1. The number of nitrogens with zero attached hydrogens (tertiary/aromatic N) is 2. The lowest BCUT2D eigenvalue weighted by atomic mass is 10.2. The lowest BCUT2D eigenvalue weighted by molar-refractivity contribution is 0.241. The van der Waals surface area contributed by atoms with Crippen molar-refractivity contribution in [2.45, 2.75) is 25.7 Å². The van der Waals surface area contributed by atoms with Crippen molar-refractivity contribution in [1.82, 2.24) is 9.80 Å². The lowest BCUT2D eigenvalue weighted by Crippen LogP contribution is -2.15. The van der Waals surface area contributed by atoms with Gasteiger partial charge in [0, 0.05) is 61.3 Å². The third-order valence-electron chi connectivity index (χ3n) is 2.20. The molecule has 0 aliphatic carbocycles. The van der Waals surface area contributed by atoms with Crippen molar-refractivity contribution in [2.24, 2.45) is 0 Å². The highest BCUT2D eigenvalue weighted by Crippen LogP contribution is 2.26. The summed E-state index contributed by atoms with van der Waals surface area (Å²) in [7, 11) is 13.0. The van der Waals surface area contributed by atoms with E-state index in [1.54, 1.807) is 59.6 Å². The number of hydrogen-bond acceptors (Lipinski definition) is 6. The topological polar surface area (TPSA) is 40.6 Å². The van der Waals surface area contributed by atoms with Gasteiger partial charge in [0.05, 0.1) is 0 Å². The lowest BCUT2D eigenvalue weighted by Gasteiger charge is -2.08. The van der Waals surface area contributed by atoms with Crippen molar-refractivity contribution in [3.63, 3.8) is 0 Å². The number of unbranched alkanes of at least 4 members (excludes halogenated alkanes) is 3. The minimum atomic E-state index is 0.106. The van der Waals surface area contributed by atoms with Crippen LogP contribution in [0.5, 0.6) is 0 Å². The SMILES string of the molecule is CN(C)C(=O)SSCCCCCCSSC(=O)N(C)C. The molecule has 0 fully saturated rings. The largest absolute Gasteiger partial charge is 0.339 e. The zero-order valence-electron chi connectivity index (χ0n) is 12.6. The van der Waals surface area contributed by atoms with Crippen LogP contribution < -0.4 is 0 Å². The molecule has 0 aromatic carbocycles. The first-order chi connectivity index (χ1) is 9.45. The average Bonchev–Trinajstić information content (AvgIpc) is 2.39. The summed E-state index contributed by atoms with van der Waals surface area (Å²) in [5.74, 6) is 2.04. The van der Waals surface area contributed by atoms with Gasteiger partial charge in [0.25, 0.3) is 10.5 Å². The van der Waals surface area contributed by atoms with Crippen molar-refractivity contribution >= 4 is 53.7 Å². The summed E-state index contributed by atoms with van der Waals surface area (Å²) in [4.78, 5) is 25.8. The molecule has 0 saturated carbocycles. The van der Waals surface area contributed by atoms with E-state index in [1.165, 1.54) is 34.4 Å². The summed E-state index contributed by atoms with van der Waals surface area (Å²) in [6, 6.07) is 0. The number of rotatable bonds is 9. The van der Waals surface area contributed by atoms with Gasteiger partial charge in [-0.15, -0.1) is 0 Å². The van der Waals surface area contributed by atoms with E-state index < -0.39 is 0 Å². The molecule has 0 aliphatic rings.